The summed E-state index contributed by atoms with van der Waals surface area (Å²) in [6.07, 6.45) is 6.42. The molecule has 0 spiro atoms. The molecule has 1 atom stereocenters. The third-order valence-electron chi connectivity index (χ3n) is 3.26. The molecule has 2 aromatic rings. The van der Waals surface area contributed by atoms with Crippen LogP contribution in [0.3, 0.4) is 0 Å². The highest BCUT2D eigenvalue weighted by atomic mass is 32.1. The molecule has 0 saturated carbocycles. The van der Waals surface area contributed by atoms with Gasteiger partial charge in [0, 0.05) is 30.7 Å². The minimum absolute atomic E-state index is 0.0784. The van der Waals surface area contributed by atoms with Crippen LogP contribution in [0.15, 0.2) is 29.9 Å². The van der Waals surface area contributed by atoms with Crippen molar-refractivity contribution in [1.29, 1.82) is 0 Å². The van der Waals surface area contributed by atoms with Crippen molar-refractivity contribution in [3.05, 3.63) is 40.6 Å². The van der Waals surface area contributed by atoms with E-state index in [1.165, 1.54) is 0 Å². The van der Waals surface area contributed by atoms with Crippen molar-refractivity contribution >= 4 is 17.2 Å². The van der Waals surface area contributed by atoms with Gasteiger partial charge in [0.05, 0.1) is 10.7 Å². The quantitative estimate of drug-likeness (QED) is 0.852. The maximum atomic E-state index is 12.2. The van der Waals surface area contributed by atoms with E-state index in [1.54, 1.807) is 11.3 Å². The number of thiazole rings is 1. The Morgan fingerprint density at radius 2 is 2.15 bits per heavy atom. The standard InChI is InChI=1S/C15H21N3OS/c1-3-13(18-9-5-6-10-18)15(19)16-8-7-12-11-20-14(4-2)17-12/h5-6,9-11,13H,3-4,7-8H2,1-2H3,(H,16,19)/t13-/m1/s1. The Labute approximate surface area is 123 Å². The number of hydrogen-bond acceptors (Lipinski definition) is 3. The molecule has 0 saturated heterocycles. The second kappa shape index (κ2) is 7.24. The van der Waals surface area contributed by atoms with Gasteiger partial charge in [0.2, 0.25) is 5.91 Å². The summed E-state index contributed by atoms with van der Waals surface area (Å²) in [6.45, 7) is 4.77. The lowest BCUT2D eigenvalue weighted by atomic mass is 10.2. The lowest BCUT2D eigenvalue weighted by Gasteiger charge is -2.16. The molecule has 20 heavy (non-hydrogen) atoms. The number of aromatic nitrogens is 2. The van der Waals surface area contributed by atoms with Gasteiger partial charge in [-0.2, -0.15) is 0 Å². The molecule has 0 aliphatic heterocycles. The third kappa shape index (κ3) is 3.70. The SMILES string of the molecule is CCc1nc(CCNC(=O)[C@@H](CC)n2cccc2)cs1. The number of nitrogens with one attached hydrogen (secondary N) is 1. The maximum absolute atomic E-state index is 12.2. The third-order valence-corrected chi connectivity index (χ3v) is 4.30. The first-order valence-electron chi connectivity index (χ1n) is 7.08. The van der Waals surface area contributed by atoms with Gasteiger partial charge in [-0.05, 0) is 25.0 Å². The van der Waals surface area contributed by atoms with Gasteiger partial charge in [0.15, 0.2) is 0 Å². The molecule has 2 heterocycles. The predicted octanol–water partition coefficient (Wildman–Crippen LogP) is 2.82. The van der Waals surface area contributed by atoms with Gasteiger partial charge in [-0.3, -0.25) is 4.79 Å². The largest absolute Gasteiger partial charge is 0.354 e. The fraction of sp³-hybridized carbons (Fsp3) is 0.467. The zero-order valence-electron chi connectivity index (χ0n) is 12.0. The Balaban J connectivity index is 1.82. The molecule has 0 aliphatic carbocycles. The van der Waals surface area contributed by atoms with E-state index < -0.39 is 0 Å². The Bertz CT molecular complexity index is 533. The molecular formula is C15H21N3OS. The van der Waals surface area contributed by atoms with Crippen LogP contribution >= 0.6 is 11.3 Å². The van der Waals surface area contributed by atoms with E-state index in [2.05, 4.69) is 22.6 Å². The van der Waals surface area contributed by atoms with Gasteiger partial charge in [0.25, 0.3) is 0 Å². The first-order chi connectivity index (χ1) is 9.74. The molecule has 0 fully saturated rings. The fourth-order valence-electron chi connectivity index (χ4n) is 2.14. The topological polar surface area (TPSA) is 46.9 Å². The number of nitrogens with zero attached hydrogens (tertiary/aromatic N) is 2. The Morgan fingerprint density at radius 1 is 1.40 bits per heavy atom. The molecule has 0 radical (unpaired) electrons. The van der Waals surface area contributed by atoms with Crippen LogP contribution in [-0.4, -0.2) is 22.0 Å². The van der Waals surface area contributed by atoms with Crippen molar-refractivity contribution < 1.29 is 4.79 Å². The lowest BCUT2D eigenvalue weighted by molar-refractivity contribution is -0.124. The molecule has 0 aromatic carbocycles. The molecule has 0 unspecified atom stereocenters. The maximum Gasteiger partial charge on any atom is 0.243 e. The van der Waals surface area contributed by atoms with Gasteiger partial charge in [0.1, 0.15) is 6.04 Å². The van der Waals surface area contributed by atoms with E-state index in [-0.39, 0.29) is 11.9 Å². The van der Waals surface area contributed by atoms with Crippen LogP contribution in [0.1, 0.15) is 37.0 Å². The summed E-state index contributed by atoms with van der Waals surface area (Å²) >= 11 is 1.69. The Hall–Kier alpha value is -1.62. The summed E-state index contributed by atoms with van der Waals surface area (Å²) in [5.74, 6) is 0.0784. The van der Waals surface area contributed by atoms with Crippen LogP contribution in [-0.2, 0) is 17.6 Å². The van der Waals surface area contributed by atoms with Crippen molar-refractivity contribution in [3.63, 3.8) is 0 Å². The second-order valence-corrected chi connectivity index (χ2v) is 5.62. The molecule has 4 nitrogen and oxygen atoms in total. The van der Waals surface area contributed by atoms with Crippen molar-refractivity contribution in [2.24, 2.45) is 0 Å². The van der Waals surface area contributed by atoms with Crippen molar-refractivity contribution in [2.45, 2.75) is 39.2 Å². The van der Waals surface area contributed by atoms with Crippen LogP contribution < -0.4 is 5.32 Å². The van der Waals surface area contributed by atoms with Crippen LogP contribution in [0.5, 0.6) is 0 Å². The second-order valence-electron chi connectivity index (χ2n) is 4.68. The van der Waals surface area contributed by atoms with Gasteiger partial charge >= 0.3 is 0 Å². The average Bonchev–Trinajstić information content (AvgIpc) is 3.11. The zero-order chi connectivity index (χ0) is 14.4. The number of rotatable bonds is 7. The summed E-state index contributed by atoms with van der Waals surface area (Å²) < 4.78 is 1.95. The van der Waals surface area contributed by atoms with Crippen LogP contribution in [0.2, 0.25) is 0 Å². The normalized spacial score (nSPS) is 12.3. The van der Waals surface area contributed by atoms with Crippen LogP contribution in [0.4, 0.5) is 0 Å². The Kier molecular flexibility index (Phi) is 5.35. The first-order valence-corrected chi connectivity index (χ1v) is 7.96. The molecule has 108 valence electrons. The smallest absolute Gasteiger partial charge is 0.243 e. The number of carbonyl (C=O) groups excluding carboxylic acids is 1. The molecular weight excluding hydrogens is 270 g/mol. The van der Waals surface area contributed by atoms with Crippen molar-refractivity contribution in [1.82, 2.24) is 14.9 Å². The number of carbonyl (C=O) groups is 1. The summed E-state index contributed by atoms with van der Waals surface area (Å²) in [7, 11) is 0. The molecule has 1 N–H and O–H groups in total. The molecule has 1 amide bonds. The summed E-state index contributed by atoms with van der Waals surface area (Å²) in [4.78, 5) is 16.7. The highest BCUT2D eigenvalue weighted by molar-refractivity contribution is 7.09. The monoisotopic (exact) mass is 291 g/mol. The van der Waals surface area contributed by atoms with Crippen molar-refractivity contribution in [2.75, 3.05) is 6.54 Å². The first kappa shape index (κ1) is 14.8. The van der Waals surface area contributed by atoms with Crippen molar-refractivity contribution in [3.8, 4) is 0 Å². The molecule has 0 bridgehead atoms. The van der Waals surface area contributed by atoms with E-state index in [9.17, 15) is 4.79 Å². The van der Waals surface area contributed by atoms with E-state index in [1.807, 2.05) is 36.0 Å². The minimum atomic E-state index is -0.119. The van der Waals surface area contributed by atoms with Gasteiger partial charge in [-0.15, -0.1) is 11.3 Å². The zero-order valence-corrected chi connectivity index (χ0v) is 12.8. The number of amides is 1. The van der Waals surface area contributed by atoms with Gasteiger partial charge in [-0.1, -0.05) is 13.8 Å². The minimum Gasteiger partial charge on any atom is -0.354 e. The van der Waals surface area contributed by atoms with E-state index in [0.29, 0.717) is 6.54 Å². The van der Waals surface area contributed by atoms with Gasteiger partial charge in [-0.25, -0.2) is 4.98 Å². The molecule has 0 aliphatic rings. The highest BCUT2D eigenvalue weighted by Crippen LogP contribution is 2.12. The fourth-order valence-corrected chi connectivity index (χ4v) is 2.92. The Morgan fingerprint density at radius 3 is 2.75 bits per heavy atom. The van der Waals surface area contributed by atoms with Crippen LogP contribution in [0.25, 0.3) is 0 Å². The average molecular weight is 291 g/mol. The molecule has 2 rings (SSSR count). The molecule has 2 aromatic heterocycles. The summed E-state index contributed by atoms with van der Waals surface area (Å²) in [5.41, 5.74) is 1.07. The number of hydrogen-bond donors (Lipinski definition) is 1. The van der Waals surface area contributed by atoms with E-state index in [4.69, 9.17) is 0 Å². The predicted molar refractivity (Wildman–Crippen MR) is 82.0 cm³/mol. The lowest BCUT2D eigenvalue weighted by Crippen LogP contribution is -2.33. The van der Waals surface area contributed by atoms with E-state index in [0.717, 1.165) is 30.0 Å². The van der Waals surface area contributed by atoms with Gasteiger partial charge < -0.3 is 9.88 Å². The number of aryl methyl sites for hydroxylation is 1. The van der Waals surface area contributed by atoms with Crippen LogP contribution in [0, 0.1) is 0 Å². The highest BCUT2D eigenvalue weighted by Gasteiger charge is 2.16. The summed E-state index contributed by atoms with van der Waals surface area (Å²) in [6, 6.07) is 3.77. The summed E-state index contributed by atoms with van der Waals surface area (Å²) in [5, 5.41) is 6.24. The molecule has 5 heteroatoms. The van der Waals surface area contributed by atoms with E-state index >= 15 is 0 Å².